The van der Waals surface area contributed by atoms with E-state index in [4.69, 9.17) is 11.6 Å². The van der Waals surface area contributed by atoms with Crippen molar-refractivity contribution in [1.82, 2.24) is 0 Å². The van der Waals surface area contributed by atoms with Crippen LogP contribution in [0.15, 0.2) is 18.2 Å². The van der Waals surface area contributed by atoms with Gasteiger partial charge in [0.2, 0.25) is 0 Å². The van der Waals surface area contributed by atoms with E-state index in [2.05, 4.69) is 6.92 Å². The first-order valence-electron chi connectivity index (χ1n) is 5.18. The monoisotopic (exact) mass is 216 g/mol. The van der Waals surface area contributed by atoms with E-state index in [-0.39, 0.29) is 10.8 Å². The highest BCUT2D eigenvalue weighted by Gasteiger charge is 1.99. The second kappa shape index (κ2) is 7.81. The predicted octanol–water partition coefficient (Wildman–Crippen LogP) is 4.85. The molecule has 0 bridgehead atoms. The molecule has 0 unspecified atom stereocenters. The minimum atomic E-state index is -0.315. The second-order valence-corrected chi connectivity index (χ2v) is 3.26. The third-order valence-corrected chi connectivity index (χ3v) is 2.11. The quantitative estimate of drug-likeness (QED) is 0.678. The largest absolute Gasteiger partial charge is 0.205 e. The molecule has 0 aliphatic carbocycles. The molecule has 0 aliphatic heterocycles. The van der Waals surface area contributed by atoms with Gasteiger partial charge in [-0.25, -0.2) is 4.39 Å². The highest BCUT2D eigenvalue weighted by Crippen LogP contribution is 2.16. The zero-order valence-electron chi connectivity index (χ0n) is 9.11. The van der Waals surface area contributed by atoms with E-state index in [0.29, 0.717) is 0 Å². The van der Waals surface area contributed by atoms with E-state index < -0.39 is 0 Å². The molecule has 1 aromatic rings. The first kappa shape index (κ1) is 13.4. The van der Waals surface area contributed by atoms with Crippen LogP contribution < -0.4 is 0 Å². The molecule has 14 heavy (non-hydrogen) atoms. The summed E-state index contributed by atoms with van der Waals surface area (Å²) in [5.41, 5.74) is 1.03. The summed E-state index contributed by atoms with van der Waals surface area (Å²) in [6.45, 7) is 6.12. The first-order chi connectivity index (χ1) is 6.74. The molecule has 0 saturated heterocycles. The minimum absolute atomic E-state index is 0.204. The van der Waals surface area contributed by atoms with Crippen LogP contribution in [0, 0.1) is 5.82 Å². The summed E-state index contributed by atoms with van der Waals surface area (Å²) in [5, 5.41) is 0.204. The molecule has 80 valence electrons. The Labute approximate surface area is 91.1 Å². The molecule has 0 N–H and O–H groups in total. The fourth-order valence-electron chi connectivity index (χ4n) is 1.08. The van der Waals surface area contributed by atoms with Crippen molar-refractivity contribution in [1.29, 1.82) is 0 Å². The summed E-state index contributed by atoms with van der Waals surface area (Å²) >= 11 is 5.54. The van der Waals surface area contributed by atoms with Gasteiger partial charge >= 0.3 is 0 Å². The van der Waals surface area contributed by atoms with Crippen LogP contribution in [-0.2, 0) is 6.42 Å². The smallest absolute Gasteiger partial charge is 0.142 e. The van der Waals surface area contributed by atoms with Crippen LogP contribution >= 0.6 is 11.6 Å². The lowest BCUT2D eigenvalue weighted by atomic mass is 10.1. The molecule has 1 aromatic carbocycles. The third kappa shape index (κ3) is 4.61. The molecule has 0 aromatic heterocycles. The lowest BCUT2D eigenvalue weighted by molar-refractivity contribution is 0.624. The Balaban J connectivity index is 0.000000791. The fourth-order valence-corrected chi connectivity index (χ4v) is 1.19. The van der Waals surface area contributed by atoms with Crippen molar-refractivity contribution >= 4 is 11.6 Å². The molecule has 0 fully saturated rings. The Hall–Kier alpha value is -0.560. The Morgan fingerprint density at radius 2 is 1.93 bits per heavy atom. The van der Waals surface area contributed by atoms with Gasteiger partial charge in [0.05, 0.1) is 5.02 Å². The highest BCUT2D eigenvalue weighted by atomic mass is 35.5. The number of rotatable bonds is 3. The maximum Gasteiger partial charge on any atom is 0.142 e. The molecular formula is C12H18ClF. The van der Waals surface area contributed by atoms with Gasteiger partial charge in [0.1, 0.15) is 5.82 Å². The Morgan fingerprint density at radius 3 is 2.43 bits per heavy atom. The molecule has 1 rings (SSSR count). The van der Waals surface area contributed by atoms with E-state index in [1.807, 2.05) is 19.9 Å². The van der Waals surface area contributed by atoms with E-state index in [1.165, 1.54) is 6.07 Å². The molecule has 0 saturated carbocycles. The molecule has 0 atom stereocenters. The molecule has 0 nitrogen and oxygen atoms in total. The van der Waals surface area contributed by atoms with Crippen LogP contribution in [0.25, 0.3) is 0 Å². The fraction of sp³-hybridized carbons (Fsp3) is 0.500. The van der Waals surface area contributed by atoms with E-state index >= 15 is 0 Å². The van der Waals surface area contributed by atoms with Gasteiger partial charge in [-0.1, -0.05) is 44.9 Å². The number of unbranched alkanes of at least 4 members (excludes halogenated alkanes) is 1. The molecular weight excluding hydrogens is 199 g/mol. The summed E-state index contributed by atoms with van der Waals surface area (Å²) in [5.74, 6) is -0.315. The van der Waals surface area contributed by atoms with Crippen LogP contribution in [0.3, 0.4) is 0 Å². The number of hydrogen-bond acceptors (Lipinski definition) is 0. The van der Waals surface area contributed by atoms with Gasteiger partial charge in [0.25, 0.3) is 0 Å². The zero-order valence-corrected chi connectivity index (χ0v) is 9.87. The van der Waals surface area contributed by atoms with Crippen molar-refractivity contribution in [3.8, 4) is 0 Å². The van der Waals surface area contributed by atoms with Crippen molar-refractivity contribution in [2.75, 3.05) is 0 Å². The molecule has 0 heterocycles. The maximum atomic E-state index is 12.9. The summed E-state index contributed by atoms with van der Waals surface area (Å²) in [4.78, 5) is 0. The predicted molar refractivity (Wildman–Crippen MR) is 61.4 cm³/mol. The summed E-state index contributed by atoms with van der Waals surface area (Å²) in [6, 6.07) is 5.00. The van der Waals surface area contributed by atoms with Crippen LogP contribution in [-0.4, -0.2) is 0 Å². The minimum Gasteiger partial charge on any atom is -0.205 e. The van der Waals surface area contributed by atoms with Crippen molar-refractivity contribution in [2.45, 2.75) is 40.0 Å². The van der Waals surface area contributed by atoms with Crippen LogP contribution in [0.2, 0.25) is 5.02 Å². The van der Waals surface area contributed by atoms with Crippen molar-refractivity contribution in [3.63, 3.8) is 0 Å². The third-order valence-electron chi connectivity index (χ3n) is 1.80. The molecule has 2 heteroatoms. The van der Waals surface area contributed by atoms with Gasteiger partial charge in [0, 0.05) is 0 Å². The van der Waals surface area contributed by atoms with Gasteiger partial charge in [-0.15, -0.1) is 0 Å². The van der Waals surface area contributed by atoms with Gasteiger partial charge in [-0.3, -0.25) is 0 Å². The average Bonchev–Trinajstić information content (AvgIpc) is 2.23. The lowest BCUT2D eigenvalue weighted by Gasteiger charge is -2.00. The molecule has 0 spiro atoms. The topological polar surface area (TPSA) is 0 Å². The molecule has 0 aliphatic rings. The number of halogens is 2. The maximum absolute atomic E-state index is 12.9. The summed E-state index contributed by atoms with van der Waals surface area (Å²) in [7, 11) is 0. The van der Waals surface area contributed by atoms with Crippen LogP contribution in [0.1, 0.15) is 39.2 Å². The van der Waals surface area contributed by atoms with Crippen molar-refractivity contribution in [2.24, 2.45) is 0 Å². The standard InChI is InChI=1S/C10H12ClF.C2H6/c1-2-3-4-8-5-6-9(11)10(12)7-8;1-2/h5-7H,2-4H2,1H3;1-2H3. The normalized spacial score (nSPS) is 9.21. The number of hydrogen-bond donors (Lipinski definition) is 0. The summed E-state index contributed by atoms with van der Waals surface area (Å²) in [6.07, 6.45) is 3.16. The van der Waals surface area contributed by atoms with E-state index in [9.17, 15) is 4.39 Å². The van der Waals surface area contributed by atoms with Gasteiger partial charge in [-0.2, -0.15) is 0 Å². The number of benzene rings is 1. The Kier molecular flexibility index (Phi) is 7.50. The SMILES string of the molecule is CC.CCCCc1ccc(Cl)c(F)c1. The second-order valence-electron chi connectivity index (χ2n) is 2.85. The first-order valence-corrected chi connectivity index (χ1v) is 5.55. The lowest BCUT2D eigenvalue weighted by Crippen LogP contribution is -1.86. The summed E-state index contributed by atoms with van der Waals surface area (Å²) < 4.78 is 12.9. The van der Waals surface area contributed by atoms with Crippen LogP contribution in [0.4, 0.5) is 4.39 Å². The van der Waals surface area contributed by atoms with Gasteiger partial charge < -0.3 is 0 Å². The van der Waals surface area contributed by atoms with E-state index in [1.54, 1.807) is 6.07 Å². The van der Waals surface area contributed by atoms with Gasteiger partial charge in [0.15, 0.2) is 0 Å². The van der Waals surface area contributed by atoms with Crippen LogP contribution in [0.5, 0.6) is 0 Å². The zero-order chi connectivity index (χ0) is 11.0. The molecule has 0 radical (unpaired) electrons. The molecule has 0 amide bonds. The highest BCUT2D eigenvalue weighted by molar-refractivity contribution is 6.30. The Morgan fingerprint density at radius 1 is 1.29 bits per heavy atom. The van der Waals surface area contributed by atoms with E-state index in [0.717, 1.165) is 24.8 Å². The van der Waals surface area contributed by atoms with Crippen molar-refractivity contribution in [3.05, 3.63) is 34.6 Å². The van der Waals surface area contributed by atoms with Crippen molar-refractivity contribution < 1.29 is 4.39 Å². The average molecular weight is 217 g/mol. The van der Waals surface area contributed by atoms with Gasteiger partial charge in [-0.05, 0) is 30.5 Å². The number of aryl methyl sites for hydroxylation is 1. The Bertz CT molecular complexity index is 258.